The fraction of sp³-hybridized carbons (Fsp3) is 0.435. The van der Waals surface area contributed by atoms with Crippen molar-refractivity contribution in [3.05, 3.63) is 51.5 Å². The van der Waals surface area contributed by atoms with Crippen LogP contribution in [0.4, 0.5) is 17.1 Å². The molecule has 0 aromatic heterocycles. The topological polar surface area (TPSA) is 52.8 Å². The molecule has 1 atom stereocenters. The molecule has 2 heterocycles. The van der Waals surface area contributed by atoms with Gasteiger partial charge in [-0.15, -0.1) is 12.4 Å². The number of nitrogens with two attached hydrogens (primary N) is 1. The highest BCUT2D eigenvalue weighted by atomic mass is 35.5. The molecule has 4 rings (SSSR count). The van der Waals surface area contributed by atoms with E-state index in [2.05, 4.69) is 22.8 Å². The van der Waals surface area contributed by atoms with Crippen LogP contribution in [-0.2, 0) is 17.6 Å². The van der Waals surface area contributed by atoms with Crippen molar-refractivity contribution in [1.29, 1.82) is 0 Å². The smallest absolute Gasteiger partial charge is 0.223 e. The minimum atomic E-state index is 0. The first kappa shape index (κ1) is 24.0. The van der Waals surface area contributed by atoms with Crippen LogP contribution in [0.5, 0.6) is 0 Å². The molecule has 5 nitrogen and oxygen atoms in total. The summed E-state index contributed by atoms with van der Waals surface area (Å²) in [5.74, 6) is 0.0549. The number of benzene rings is 2. The van der Waals surface area contributed by atoms with Gasteiger partial charge in [0.25, 0.3) is 0 Å². The maximum atomic E-state index is 11.8. The lowest BCUT2D eigenvalue weighted by Crippen LogP contribution is -2.50. The molecule has 0 aliphatic carbocycles. The first-order valence-corrected chi connectivity index (χ1v) is 11.2. The van der Waals surface area contributed by atoms with E-state index >= 15 is 0 Å². The van der Waals surface area contributed by atoms with Gasteiger partial charge in [0.05, 0.1) is 27.1 Å². The van der Waals surface area contributed by atoms with Gasteiger partial charge in [0.2, 0.25) is 5.91 Å². The summed E-state index contributed by atoms with van der Waals surface area (Å²) in [7, 11) is 0. The molecule has 2 N–H and O–H groups in total. The van der Waals surface area contributed by atoms with Crippen molar-refractivity contribution in [2.24, 2.45) is 0 Å². The summed E-state index contributed by atoms with van der Waals surface area (Å²) < 4.78 is 0. The molecule has 1 fully saturated rings. The molecule has 2 aromatic rings. The highest BCUT2D eigenvalue weighted by molar-refractivity contribution is 6.43. The van der Waals surface area contributed by atoms with Crippen LogP contribution in [0, 0.1) is 0 Å². The van der Waals surface area contributed by atoms with Crippen molar-refractivity contribution in [2.75, 3.05) is 48.3 Å². The van der Waals surface area contributed by atoms with E-state index in [-0.39, 0.29) is 18.3 Å². The number of carbonyl (C=O) groups is 1. The number of carbonyl (C=O) groups excluding carboxylic acids is 1. The summed E-state index contributed by atoms with van der Waals surface area (Å²) in [6.07, 6.45) is 1.82. The van der Waals surface area contributed by atoms with Crippen molar-refractivity contribution < 1.29 is 4.79 Å². The van der Waals surface area contributed by atoms with E-state index in [0.717, 1.165) is 56.9 Å². The van der Waals surface area contributed by atoms with Gasteiger partial charge in [-0.25, -0.2) is 0 Å². The van der Waals surface area contributed by atoms with Crippen molar-refractivity contribution >= 4 is 58.6 Å². The normalized spacial score (nSPS) is 17.3. The Morgan fingerprint density at radius 1 is 1.13 bits per heavy atom. The number of hydrogen-bond acceptors (Lipinski definition) is 4. The van der Waals surface area contributed by atoms with Gasteiger partial charge in [-0.1, -0.05) is 35.3 Å². The van der Waals surface area contributed by atoms with Gasteiger partial charge in [0, 0.05) is 45.7 Å². The van der Waals surface area contributed by atoms with Crippen LogP contribution in [0.3, 0.4) is 0 Å². The number of halogens is 3. The number of anilines is 3. The number of hydrogen-bond donors (Lipinski definition) is 1. The molecule has 0 spiro atoms. The van der Waals surface area contributed by atoms with Crippen LogP contribution in [0.15, 0.2) is 30.3 Å². The predicted molar refractivity (Wildman–Crippen MR) is 133 cm³/mol. The van der Waals surface area contributed by atoms with E-state index in [1.165, 1.54) is 11.1 Å². The molecular weight excluding hydrogens is 455 g/mol. The van der Waals surface area contributed by atoms with Crippen molar-refractivity contribution in [1.82, 2.24) is 4.90 Å². The summed E-state index contributed by atoms with van der Waals surface area (Å²) >= 11 is 12.6. The Labute approximate surface area is 200 Å². The standard InChI is InChI=1S/C23H28Cl2N4O.ClH/c1-15(12-17-13-18-6-7-29(16(2)30)23(18)20(26)14-17)27-8-10-28(11-9-27)21-5-3-4-19(24)22(21)25;/h3-5,13-15H,6-12,26H2,1-2H3;1H. The van der Waals surface area contributed by atoms with Gasteiger partial charge in [0.15, 0.2) is 0 Å². The summed E-state index contributed by atoms with van der Waals surface area (Å²) in [4.78, 5) is 18.5. The van der Waals surface area contributed by atoms with Gasteiger partial charge < -0.3 is 15.5 Å². The number of nitrogens with zero attached hydrogens (tertiary/aromatic N) is 3. The second kappa shape index (κ2) is 9.86. The molecule has 0 radical (unpaired) electrons. The van der Waals surface area contributed by atoms with Crippen LogP contribution in [0.1, 0.15) is 25.0 Å². The molecule has 0 saturated carbocycles. The van der Waals surface area contributed by atoms with Gasteiger partial charge >= 0.3 is 0 Å². The molecule has 2 aromatic carbocycles. The van der Waals surface area contributed by atoms with Crippen LogP contribution < -0.4 is 15.5 Å². The molecule has 1 saturated heterocycles. The average molecular weight is 484 g/mol. The Kier molecular flexibility index (Phi) is 7.63. The average Bonchev–Trinajstić information content (AvgIpc) is 3.15. The second-order valence-electron chi connectivity index (χ2n) is 8.26. The van der Waals surface area contributed by atoms with Crippen LogP contribution in [0.2, 0.25) is 10.0 Å². The number of rotatable bonds is 4. The van der Waals surface area contributed by atoms with E-state index in [0.29, 0.717) is 21.8 Å². The third-order valence-electron chi connectivity index (χ3n) is 6.27. The molecule has 0 bridgehead atoms. The fourth-order valence-corrected chi connectivity index (χ4v) is 5.11. The van der Waals surface area contributed by atoms with Gasteiger partial charge in [-0.2, -0.15) is 0 Å². The zero-order valence-corrected chi connectivity index (χ0v) is 20.2. The fourth-order valence-electron chi connectivity index (χ4n) is 4.69. The Hall–Kier alpha value is -1.66. The number of nitrogen functional groups attached to an aromatic ring is 1. The quantitative estimate of drug-likeness (QED) is 0.643. The zero-order valence-electron chi connectivity index (χ0n) is 17.9. The molecule has 1 amide bonds. The van der Waals surface area contributed by atoms with Crippen LogP contribution in [0.25, 0.3) is 0 Å². The monoisotopic (exact) mass is 482 g/mol. The third-order valence-corrected chi connectivity index (χ3v) is 7.08. The Balaban J connectivity index is 0.00000272. The number of amides is 1. The Morgan fingerprint density at radius 2 is 1.84 bits per heavy atom. The number of fused-ring (bicyclic) bond motifs is 1. The van der Waals surface area contributed by atoms with E-state index in [4.69, 9.17) is 28.9 Å². The molecule has 168 valence electrons. The van der Waals surface area contributed by atoms with E-state index < -0.39 is 0 Å². The highest BCUT2D eigenvalue weighted by Crippen LogP contribution is 2.36. The van der Waals surface area contributed by atoms with Crippen molar-refractivity contribution in [2.45, 2.75) is 32.7 Å². The SMILES string of the molecule is CC(=O)N1CCc2cc(CC(C)N3CCN(c4cccc(Cl)c4Cl)CC3)cc(N)c21.Cl. The van der Waals surface area contributed by atoms with Gasteiger partial charge in [-0.05, 0) is 49.1 Å². The Morgan fingerprint density at radius 3 is 2.52 bits per heavy atom. The van der Waals surface area contributed by atoms with E-state index in [1.807, 2.05) is 24.3 Å². The van der Waals surface area contributed by atoms with Crippen LogP contribution in [-0.4, -0.2) is 49.6 Å². The minimum absolute atomic E-state index is 0. The predicted octanol–water partition coefficient (Wildman–Crippen LogP) is 4.66. The summed E-state index contributed by atoms with van der Waals surface area (Å²) in [6, 6.07) is 10.5. The second-order valence-corrected chi connectivity index (χ2v) is 9.05. The number of piperazine rings is 1. The summed E-state index contributed by atoms with van der Waals surface area (Å²) in [5.41, 5.74) is 11.4. The lowest BCUT2D eigenvalue weighted by Gasteiger charge is -2.39. The van der Waals surface area contributed by atoms with Gasteiger partial charge in [0.1, 0.15) is 0 Å². The Bertz CT molecular complexity index is 960. The molecule has 8 heteroatoms. The molecule has 31 heavy (non-hydrogen) atoms. The third kappa shape index (κ3) is 4.90. The first-order valence-electron chi connectivity index (χ1n) is 10.5. The zero-order chi connectivity index (χ0) is 21.4. The summed E-state index contributed by atoms with van der Waals surface area (Å²) in [5, 5.41) is 1.23. The molecule has 2 aliphatic heterocycles. The van der Waals surface area contributed by atoms with Crippen LogP contribution >= 0.6 is 35.6 Å². The molecule has 2 aliphatic rings. The lowest BCUT2D eigenvalue weighted by molar-refractivity contribution is -0.116. The lowest BCUT2D eigenvalue weighted by atomic mass is 10.00. The summed E-state index contributed by atoms with van der Waals surface area (Å²) in [6.45, 7) is 8.38. The van der Waals surface area contributed by atoms with Crippen molar-refractivity contribution in [3.8, 4) is 0 Å². The van der Waals surface area contributed by atoms with E-state index in [9.17, 15) is 4.79 Å². The molecular formula is C23H29Cl3N4O. The first-order chi connectivity index (χ1) is 14.3. The van der Waals surface area contributed by atoms with E-state index in [1.54, 1.807) is 11.8 Å². The van der Waals surface area contributed by atoms with Crippen molar-refractivity contribution in [3.63, 3.8) is 0 Å². The maximum Gasteiger partial charge on any atom is 0.223 e. The largest absolute Gasteiger partial charge is 0.397 e. The van der Waals surface area contributed by atoms with Gasteiger partial charge in [-0.3, -0.25) is 9.69 Å². The molecule has 1 unspecified atom stereocenters. The highest BCUT2D eigenvalue weighted by Gasteiger charge is 2.27. The minimum Gasteiger partial charge on any atom is -0.397 e. The maximum absolute atomic E-state index is 11.8.